The number of rotatable bonds is 13. The van der Waals surface area contributed by atoms with Gasteiger partial charge in [-0.15, -0.1) is 0 Å². The maximum atomic E-state index is 12.9. The van der Waals surface area contributed by atoms with Crippen molar-refractivity contribution in [2.45, 2.75) is 57.8 Å². The van der Waals surface area contributed by atoms with Crippen LogP contribution in [0.2, 0.25) is 0 Å². The molecule has 2 N–H and O–H groups in total. The van der Waals surface area contributed by atoms with Crippen LogP contribution in [-0.4, -0.2) is 75.1 Å². The fraction of sp³-hybridized carbons (Fsp3) is 0.517. The Bertz CT molecular complexity index is 1220. The lowest BCUT2D eigenvalue weighted by Gasteiger charge is -2.32. The van der Waals surface area contributed by atoms with E-state index < -0.39 is 35.6 Å². The van der Waals surface area contributed by atoms with Crippen LogP contribution in [0, 0.1) is 23.2 Å². The largest absolute Gasteiger partial charge is 0.760 e. The molecule has 2 aromatic rings. The predicted molar refractivity (Wildman–Crippen MR) is 148 cm³/mol. The summed E-state index contributed by atoms with van der Waals surface area (Å²) in [5.41, 5.74) is 2.21. The van der Waals surface area contributed by atoms with Crippen LogP contribution < -0.4 is 10.1 Å². The molecule has 0 spiro atoms. The van der Waals surface area contributed by atoms with Gasteiger partial charge in [-0.2, -0.15) is 5.26 Å². The molecule has 2 heterocycles. The summed E-state index contributed by atoms with van der Waals surface area (Å²) >= 11 is -2.54. The van der Waals surface area contributed by atoms with Crippen LogP contribution in [0.4, 0.5) is 4.79 Å². The Hall–Kier alpha value is -3.05. The molecule has 11 nitrogen and oxygen atoms in total. The average Bonchev–Trinajstić information content (AvgIpc) is 3.57. The van der Waals surface area contributed by atoms with Gasteiger partial charge in [-0.25, -0.2) is 9.10 Å². The number of hydrogen-bond acceptors (Lipinski definition) is 9. The molecule has 2 aromatic carbocycles. The third kappa shape index (κ3) is 8.97. The fourth-order valence-electron chi connectivity index (χ4n) is 4.97. The molecule has 4 rings (SSSR count). The van der Waals surface area contributed by atoms with Crippen molar-refractivity contribution in [1.82, 2.24) is 9.62 Å². The van der Waals surface area contributed by atoms with Crippen LogP contribution in [0.5, 0.6) is 5.75 Å². The molecule has 1 unspecified atom stereocenters. The Kier molecular flexibility index (Phi) is 11.1. The maximum absolute atomic E-state index is 12.9. The molecule has 2 aliphatic rings. The SMILES string of the molecule is CC(C)CN(C[C@@H](O)[C@H](Cc1ccc(OCc2cccc(C#N)c2)cc1)NC(=O)O[C@H]1CO[C@H]2OCC[C@H]21)S(=O)[O-]. The lowest BCUT2D eigenvalue weighted by atomic mass is 10.0. The zero-order valence-electron chi connectivity index (χ0n) is 23.1. The van der Waals surface area contributed by atoms with Crippen molar-refractivity contribution < 1.29 is 37.6 Å². The molecule has 2 fully saturated rings. The van der Waals surface area contributed by atoms with Crippen molar-refractivity contribution >= 4 is 17.4 Å². The van der Waals surface area contributed by atoms with Crippen LogP contribution in [0.15, 0.2) is 48.5 Å². The Morgan fingerprint density at radius 3 is 2.71 bits per heavy atom. The molecule has 0 aromatic heterocycles. The second kappa shape index (κ2) is 14.7. The summed E-state index contributed by atoms with van der Waals surface area (Å²) in [5.74, 6) is 0.624. The minimum Gasteiger partial charge on any atom is -0.760 e. The van der Waals surface area contributed by atoms with Gasteiger partial charge in [0.15, 0.2) is 6.29 Å². The lowest BCUT2D eigenvalue weighted by molar-refractivity contribution is -0.0907. The number of amides is 1. The molecular weight excluding hydrogens is 550 g/mol. The van der Waals surface area contributed by atoms with Crippen molar-refractivity contribution in [3.63, 3.8) is 0 Å². The van der Waals surface area contributed by atoms with E-state index in [1.165, 1.54) is 0 Å². The summed E-state index contributed by atoms with van der Waals surface area (Å²) in [5, 5.41) is 22.9. The first kappa shape index (κ1) is 30.9. The molecule has 6 atom stereocenters. The van der Waals surface area contributed by atoms with Gasteiger partial charge in [-0.3, -0.25) is 4.21 Å². The Labute approximate surface area is 242 Å². The summed E-state index contributed by atoms with van der Waals surface area (Å²) in [6.45, 7) is 4.88. The fourth-order valence-corrected chi connectivity index (χ4v) is 5.66. The van der Waals surface area contributed by atoms with Crippen molar-refractivity contribution in [3.05, 3.63) is 65.2 Å². The van der Waals surface area contributed by atoms with E-state index in [4.69, 9.17) is 24.2 Å². The predicted octanol–water partition coefficient (Wildman–Crippen LogP) is 2.65. The van der Waals surface area contributed by atoms with E-state index >= 15 is 0 Å². The van der Waals surface area contributed by atoms with Crippen molar-refractivity contribution in [2.75, 3.05) is 26.3 Å². The topological polar surface area (TPSA) is 153 Å². The van der Waals surface area contributed by atoms with Gasteiger partial charge in [0, 0.05) is 24.4 Å². The first-order chi connectivity index (χ1) is 19.7. The summed E-state index contributed by atoms with van der Waals surface area (Å²) in [4.78, 5) is 12.9. The number of nitrogens with one attached hydrogen (secondary N) is 1. The zero-order chi connectivity index (χ0) is 29.4. The van der Waals surface area contributed by atoms with Gasteiger partial charge in [0.2, 0.25) is 0 Å². The third-order valence-corrected chi connectivity index (χ3v) is 7.74. The van der Waals surface area contributed by atoms with E-state index in [0.29, 0.717) is 24.5 Å². The first-order valence-electron chi connectivity index (χ1n) is 13.7. The summed E-state index contributed by atoms with van der Waals surface area (Å²) in [6, 6.07) is 15.6. The van der Waals surface area contributed by atoms with E-state index in [1.807, 2.05) is 32.0 Å². The Balaban J connectivity index is 1.40. The van der Waals surface area contributed by atoms with Crippen molar-refractivity contribution in [3.8, 4) is 11.8 Å². The van der Waals surface area contributed by atoms with Gasteiger partial charge in [-0.05, 0) is 54.2 Å². The highest BCUT2D eigenvalue weighted by Gasteiger charge is 2.44. The summed E-state index contributed by atoms with van der Waals surface area (Å²) in [6.07, 6.45) is -1.80. The molecular formula is C29H36N3O8S-. The number of hydrogen-bond donors (Lipinski definition) is 2. The second-order valence-corrected chi connectivity index (χ2v) is 11.6. The van der Waals surface area contributed by atoms with Crippen molar-refractivity contribution in [1.29, 1.82) is 5.26 Å². The Morgan fingerprint density at radius 2 is 2.00 bits per heavy atom. The number of carbonyl (C=O) groups is 1. The number of aliphatic hydroxyl groups excluding tert-OH is 1. The lowest BCUT2D eigenvalue weighted by Crippen LogP contribution is -2.51. The van der Waals surface area contributed by atoms with Crippen molar-refractivity contribution in [2.24, 2.45) is 11.8 Å². The number of aliphatic hydroxyl groups is 1. The minimum absolute atomic E-state index is 0.0385. The number of benzene rings is 2. The molecule has 1 amide bonds. The first-order valence-corrected chi connectivity index (χ1v) is 14.7. The minimum atomic E-state index is -2.54. The van der Waals surface area contributed by atoms with E-state index in [1.54, 1.807) is 30.3 Å². The summed E-state index contributed by atoms with van der Waals surface area (Å²) in [7, 11) is 0. The molecule has 222 valence electrons. The quantitative estimate of drug-likeness (QED) is 0.337. The normalized spacial score (nSPS) is 22.1. The molecule has 0 saturated carbocycles. The highest BCUT2D eigenvalue weighted by molar-refractivity contribution is 7.76. The highest BCUT2D eigenvalue weighted by atomic mass is 32.2. The Morgan fingerprint density at radius 1 is 1.22 bits per heavy atom. The third-order valence-electron chi connectivity index (χ3n) is 7.02. The van der Waals surface area contributed by atoms with Gasteiger partial charge >= 0.3 is 6.09 Å². The molecule has 2 saturated heterocycles. The van der Waals surface area contributed by atoms with Crippen LogP contribution in [-0.2, 0) is 38.5 Å². The molecule has 2 aliphatic heterocycles. The molecule has 41 heavy (non-hydrogen) atoms. The zero-order valence-corrected chi connectivity index (χ0v) is 24.0. The van der Waals surface area contributed by atoms with Gasteiger partial charge < -0.3 is 33.9 Å². The molecule has 0 bridgehead atoms. The van der Waals surface area contributed by atoms with Gasteiger partial charge in [0.05, 0.1) is 42.9 Å². The van der Waals surface area contributed by atoms with E-state index in [-0.39, 0.29) is 44.2 Å². The molecule has 0 radical (unpaired) electrons. The maximum Gasteiger partial charge on any atom is 0.407 e. The number of carbonyl (C=O) groups excluding carboxylic acids is 1. The number of fused-ring (bicyclic) bond motifs is 1. The van der Waals surface area contributed by atoms with Crippen LogP contribution >= 0.6 is 0 Å². The van der Waals surface area contributed by atoms with E-state index in [9.17, 15) is 18.7 Å². The van der Waals surface area contributed by atoms with E-state index in [0.717, 1.165) is 21.9 Å². The second-order valence-electron chi connectivity index (χ2n) is 10.7. The van der Waals surface area contributed by atoms with Crippen LogP contribution in [0.3, 0.4) is 0 Å². The smallest absolute Gasteiger partial charge is 0.407 e. The van der Waals surface area contributed by atoms with Crippen LogP contribution in [0.1, 0.15) is 37.0 Å². The number of alkyl carbamates (subject to hydrolysis) is 1. The summed E-state index contributed by atoms with van der Waals surface area (Å²) < 4.78 is 47.2. The van der Waals surface area contributed by atoms with Gasteiger partial charge in [-0.1, -0.05) is 38.1 Å². The molecule has 12 heteroatoms. The number of nitriles is 1. The van der Waals surface area contributed by atoms with Crippen LogP contribution in [0.25, 0.3) is 0 Å². The van der Waals surface area contributed by atoms with Gasteiger partial charge in [0.25, 0.3) is 0 Å². The molecule has 0 aliphatic carbocycles. The van der Waals surface area contributed by atoms with E-state index in [2.05, 4.69) is 11.4 Å². The monoisotopic (exact) mass is 586 g/mol. The number of ether oxygens (including phenoxy) is 4. The average molecular weight is 587 g/mol. The standard InChI is InChI=1S/C29H37N3O8S/c1-19(2)15-32(41(35)36)16-26(33)25(31-29(34)40-27-18-39-28-24(27)10-11-37-28)13-20-6-8-23(9-7-20)38-17-22-5-3-4-21(12-22)14-30/h3-9,12,19,24-28,33H,10-11,13,15-18H2,1-2H3,(H,31,34)(H,35,36)/p-1/t24-,25-,26+,27-,28+/m0/s1. The highest BCUT2D eigenvalue weighted by Crippen LogP contribution is 2.33. The number of nitrogens with zero attached hydrogens (tertiary/aromatic N) is 2. The van der Waals surface area contributed by atoms with Gasteiger partial charge in [0.1, 0.15) is 18.5 Å².